The lowest BCUT2D eigenvalue weighted by molar-refractivity contribution is 0.0689. The first kappa shape index (κ1) is 8.64. The summed E-state index contributed by atoms with van der Waals surface area (Å²) in [7, 11) is 0. The zero-order chi connectivity index (χ0) is 9.14. The lowest BCUT2D eigenvalue weighted by Gasteiger charge is -2.00. The van der Waals surface area contributed by atoms with E-state index in [-0.39, 0.29) is 5.69 Å². The highest BCUT2D eigenvalue weighted by atomic mass is 16.4. The minimum Gasteiger partial charge on any atom is -0.476 e. The SMILES string of the molecule is CCc1ncc(C(=O)O)nc1C. The summed E-state index contributed by atoms with van der Waals surface area (Å²) in [5.41, 5.74) is 1.54. The van der Waals surface area contributed by atoms with Gasteiger partial charge in [0.05, 0.1) is 17.6 Å². The number of aryl methyl sites for hydroxylation is 2. The molecule has 0 unspecified atom stereocenters. The van der Waals surface area contributed by atoms with Crippen molar-refractivity contribution in [2.24, 2.45) is 0 Å². The predicted octanol–water partition coefficient (Wildman–Crippen LogP) is 1.05. The molecular weight excluding hydrogens is 156 g/mol. The molecule has 4 heteroatoms. The minimum atomic E-state index is -1.03. The molecule has 0 bridgehead atoms. The monoisotopic (exact) mass is 166 g/mol. The van der Waals surface area contributed by atoms with Gasteiger partial charge in [0.25, 0.3) is 0 Å². The van der Waals surface area contributed by atoms with Crippen molar-refractivity contribution >= 4 is 5.97 Å². The zero-order valence-corrected chi connectivity index (χ0v) is 7.03. The fourth-order valence-corrected chi connectivity index (χ4v) is 0.957. The average molecular weight is 166 g/mol. The molecule has 0 amide bonds. The van der Waals surface area contributed by atoms with Gasteiger partial charge in [0.2, 0.25) is 0 Å². The van der Waals surface area contributed by atoms with Gasteiger partial charge in [-0.2, -0.15) is 0 Å². The molecule has 0 spiro atoms. The molecular formula is C8H10N2O2. The number of rotatable bonds is 2. The topological polar surface area (TPSA) is 63.1 Å². The van der Waals surface area contributed by atoms with Crippen LogP contribution in [-0.4, -0.2) is 21.0 Å². The van der Waals surface area contributed by atoms with Gasteiger partial charge in [0.1, 0.15) is 0 Å². The Morgan fingerprint density at radius 1 is 1.67 bits per heavy atom. The summed E-state index contributed by atoms with van der Waals surface area (Å²) in [5.74, 6) is -1.03. The van der Waals surface area contributed by atoms with Gasteiger partial charge in [-0.25, -0.2) is 9.78 Å². The van der Waals surface area contributed by atoms with E-state index in [0.29, 0.717) is 5.69 Å². The average Bonchev–Trinajstić information content (AvgIpc) is 2.04. The molecule has 1 N–H and O–H groups in total. The van der Waals surface area contributed by atoms with Crippen molar-refractivity contribution < 1.29 is 9.90 Å². The maximum atomic E-state index is 10.5. The Balaban J connectivity index is 3.10. The Bertz CT molecular complexity index is 310. The molecule has 0 aliphatic heterocycles. The predicted molar refractivity (Wildman–Crippen MR) is 43.1 cm³/mol. The lowest BCUT2D eigenvalue weighted by atomic mass is 10.2. The van der Waals surface area contributed by atoms with Gasteiger partial charge in [-0.15, -0.1) is 0 Å². The van der Waals surface area contributed by atoms with Crippen LogP contribution in [-0.2, 0) is 6.42 Å². The molecule has 0 aliphatic rings. The maximum Gasteiger partial charge on any atom is 0.356 e. The fourth-order valence-electron chi connectivity index (χ4n) is 0.957. The summed E-state index contributed by atoms with van der Waals surface area (Å²) in [6, 6.07) is 0. The Kier molecular flexibility index (Phi) is 2.38. The van der Waals surface area contributed by atoms with Crippen LogP contribution in [0.1, 0.15) is 28.8 Å². The zero-order valence-electron chi connectivity index (χ0n) is 7.03. The van der Waals surface area contributed by atoms with Crippen molar-refractivity contribution in [3.63, 3.8) is 0 Å². The molecule has 1 aromatic heterocycles. The normalized spacial score (nSPS) is 9.83. The molecule has 4 nitrogen and oxygen atoms in total. The fraction of sp³-hybridized carbons (Fsp3) is 0.375. The maximum absolute atomic E-state index is 10.5. The van der Waals surface area contributed by atoms with Crippen molar-refractivity contribution in [3.8, 4) is 0 Å². The van der Waals surface area contributed by atoms with Crippen LogP contribution in [0.2, 0.25) is 0 Å². The summed E-state index contributed by atoms with van der Waals surface area (Å²) >= 11 is 0. The van der Waals surface area contributed by atoms with Crippen molar-refractivity contribution in [2.45, 2.75) is 20.3 Å². The first-order chi connectivity index (χ1) is 5.65. The standard InChI is InChI=1S/C8H10N2O2/c1-3-6-5(2)10-7(4-9-6)8(11)12/h4H,3H2,1-2H3,(H,11,12). The highest BCUT2D eigenvalue weighted by molar-refractivity contribution is 5.84. The lowest BCUT2D eigenvalue weighted by Crippen LogP contribution is -2.05. The largest absolute Gasteiger partial charge is 0.476 e. The molecule has 1 aromatic rings. The van der Waals surface area contributed by atoms with Crippen LogP contribution in [0.4, 0.5) is 0 Å². The van der Waals surface area contributed by atoms with Crippen LogP contribution in [0.15, 0.2) is 6.20 Å². The number of carboxylic acids is 1. The summed E-state index contributed by atoms with van der Waals surface area (Å²) in [6.07, 6.45) is 2.06. The molecule has 0 radical (unpaired) electrons. The Morgan fingerprint density at radius 3 is 2.75 bits per heavy atom. The van der Waals surface area contributed by atoms with Crippen molar-refractivity contribution in [3.05, 3.63) is 23.3 Å². The van der Waals surface area contributed by atoms with E-state index in [9.17, 15) is 4.79 Å². The molecule has 0 saturated heterocycles. The highest BCUT2D eigenvalue weighted by Gasteiger charge is 2.06. The molecule has 1 heterocycles. The van der Waals surface area contributed by atoms with E-state index in [2.05, 4.69) is 9.97 Å². The van der Waals surface area contributed by atoms with E-state index in [1.54, 1.807) is 6.92 Å². The third-order valence-electron chi connectivity index (χ3n) is 1.60. The van der Waals surface area contributed by atoms with E-state index in [0.717, 1.165) is 12.1 Å². The minimum absolute atomic E-state index is 0.00435. The van der Waals surface area contributed by atoms with E-state index in [1.165, 1.54) is 6.20 Å². The Labute approximate surface area is 70.3 Å². The number of hydrogen-bond acceptors (Lipinski definition) is 3. The van der Waals surface area contributed by atoms with Gasteiger partial charge in [0, 0.05) is 0 Å². The number of carbonyl (C=O) groups is 1. The summed E-state index contributed by atoms with van der Waals surface area (Å²) in [5, 5.41) is 8.57. The molecule has 12 heavy (non-hydrogen) atoms. The van der Waals surface area contributed by atoms with Gasteiger partial charge >= 0.3 is 5.97 Å². The van der Waals surface area contributed by atoms with Crippen LogP contribution in [0, 0.1) is 6.92 Å². The summed E-state index contributed by atoms with van der Waals surface area (Å²) < 4.78 is 0. The number of aromatic nitrogens is 2. The molecule has 64 valence electrons. The Morgan fingerprint density at radius 2 is 2.33 bits per heavy atom. The third-order valence-corrected chi connectivity index (χ3v) is 1.60. The first-order valence-corrected chi connectivity index (χ1v) is 3.71. The van der Waals surface area contributed by atoms with Crippen LogP contribution in [0.5, 0.6) is 0 Å². The van der Waals surface area contributed by atoms with E-state index in [4.69, 9.17) is 5.11 Å². The van der Waals surface area contributed by atoms with Crippen molar-refractivity contribution in [1.82, 2.24) is 9.97 Å². The molecule has 0 aliphatic carbocycles. The third kappa shape index (κ3) is 1.58. The molecule has 0 atom stereocenters. The molecule has 0 saturated carbocycles. The Hall–Kier alpha value is -1.45. The first-order valence-electron chi connectivity index (χ1n) is 3.71. The second kappa shape index (κ2) is 3.30. The van der Waals surface area contributed by atoms with Crippen LogP contribution < -0.4 is 0 Å². The quantitative estimate of drug-likeness (QED) is 0.713. The van der Waals surface area contributed by atoms with Gasteiger partial charge in [-0.3, -0.25) is 4.98 Å². The second-order valence-corrected chi connectivity index (χ2v) is 2.45. The van der Waals surface area contributed by atoms with Gasteiger partial charge in [-0.1, -0.05) is 6.92 Å². The number of hydrogen-bond donors (Lipinski definition) is 1. The summed E-state index contributed by atoms with van der Waals surface area (Å²) in [6.45, 7) is 3.72. The highest BCUT2D eigenvalue weighted by Crippen LogP contribution is 2.02. The smallest absolute Gasteiger partial charge is 0.356 e. The van der Waals surface area contributed by atoms with Gasteiger partial charge < -0.3 is 5.11 Å². The molecule has 1 rings (SSSR count). The van der Waals surface area contributed by atoms with Gasteiger partial charge in [0.15, 0.2) is 5.69 Å². The second-order valence-electron chi connectivity index (χ2n) is 2.45. The van der Waals surface area contributed by atoms with E-state index >= 15 is 0 Å². The summed E-state index contributed by atoms with van der Waals surface area (Å²) in [4.78, 5) is 18.3. The van der Waals surface area contributed by atoms with Crippen LogP contribution in [0.3, 0.4) is 0 Å². The number of carboxylic acid groups (broad SMARTS) is 1. The van der Waals surface area contributed by atoms with Crippen LogP contribution in [0.25, 0.3) is 0 Å². The molecule has 0 fully saturated rings. The number of aromatic carboxylic acids is 1. The number of nitrogens with zero attached hydrogens (tertiary/aromatic N) is 2. The van der Waals surface area contributed by atoms with Crippen molar-refractivity contribution in [2.75, 3.05) is 0 Å². The molecule has 0 aromatic carbocycles. The van der Waals surface area contributed by atoms with Crippen molar-refractivity contribution in [1.29, 1.82) is 0 Å². The van der Waals surface area contributed by atoms with E-state index in [1.807, 2.05) is 6.92 Å². The van der Waals surface area contributed by atoms with Gasteiger partial charge in [-0.05, 0) is 13.3 Å². The van der Waals surface area contributed by atoms with Crippen LogP contribution >= 0.6 is 0 Å². The van der Waals surface area contributed by atoms with E-state index < -0.39 is 5.97 Å².